The molecule has 0 saturated heterocycles. The zero-order chi connectivity index (χ0) is 10.1. The van der Waals surface area contributed by atoms with Gasteiger partial charge in [-0.25, -0.2) is 14.6 Å². The topological polar surface area (TPSA) is 72.4 Å². The van der Waals surface area contributed by atoms with Gasteiger partial charge in [0.15, 0.2) is 6.04 Å². The van der Waals surface area contributed by atoms with Crippen molar-refractivity contribution < 1.29 is 25.0 Å². The maximum absolute atomic E-state index is 11.0. The van der Waals surface area contributed by atoms with Crippen molar-refractivity contribution in [3.05, 3.63) is 0 Å². The van der Waals surface area contributed by atoms with Crippen LogP contribution >= 0.6 is 0 Å². The highest BCUT2D eigenvalue weighted by molar-refractivity contribution is 5.73. The van der Waals surface area contributed by atoms with E-state index < -0.39 is 0 Å². The van der Waals surface area contributed by atoms with E-state index in [1.807, 2.05) is 6.92 Å². The standard InChI is InChI=1S/C8H17NO4/c1-3-11-8(10)7(9)5-6-13-12-4-2/h7H,3-6,9H2,1-2H3/p+1. The molecule has 0 aliphatic heterocycles. The van der Waals surface area contributed by atoms with Gasteiger partial charge in [0.25, 0.3) is 0 Å². The summed E-state index contributed by atoms with van der Waals surface area (Å²) in [5.74, 6) is -0.289. The average molecular weight is 192 g/mol. The lowest BCUT2D eigenvalue weighted by molar-refractivity contribution is -0.415. The molecule has 0 fully saturated rings. The minimum atomic E-state index is -0.375. The van der Waals surface area contributed by atoms with Crippen molar-refractivity contribution in [3.8, 4) is 0 Å². The van der Waals surface area contributed by atoms with E-state index >= 15 is 0 Å². The van der Waals surface area contributed by atoms with Gasteiger partial charge in [-0.1, -0.05) is 0 Å². The number of ether oxygens (including phenoxy) is 1. The Kier molecular flexibility index (Phi) is 7.57. The highest BCUT2D eigenvalue weighted by atomic mass is 17.2. The largest absolute Gasteiger partial charge is 0.462 e. The Hall–Kier alpha value is -0.650. The molecule has 1 unspecified atom stereocenters. The van der Waals surface area contributed by atoms with E-state index in [2.05, 4.69) is 10.6 Å². The molecule has 0 rings (SSSR count). The predicted molar refractivity (Wildman–Crippen MR) is 45.5 cm³/mol. The van der Waals surface area contributed by atoms with Gasteiger partial charge in [-0.2, -0.15) is 0 Å². The Balaban J connectivity index is 3.38. The van der Waals surface area contributed by atoms with Crippen LogP contribution in [0.25, 0.3) is 0 Å². The predicted octanol–water partition coefficient (Wildman–Crippen LogP) is -0.482. The summed E-state index contributed by atoms with van der Waals surface area (Å²) in [5.41, 5.74) is 3.64. The molecule has 0 aromatic carbocycles. The molecule has 78 valence electrons. The monoisotopic (exact) mass is 192 g/mol. The summed E-state index contributed by atoms with van der Waals surface area (Å²) < 4.78 is 4.76. The van der Waals surface area contributed by atoms with Gasteiger partial charge >= 0.3 is 5.97 Å². The average Bonchev–Trinajstić information content (AvgIpc) is 2.12. The van der Waals surface area contributed by atoms with Gasteiger partial charge in [0.2, 0.25) is 0 Å². The van der Waals surface area contributed by atoms with Crippen LogP contribution in [0.4, 0.5) is 0 Å². The van der Waals surface area contributed by atoms with Gasteiger partial charge in [-0.05, 0) is 13.8 Å². The highest BCUT2D eigenvalue weighted by Crippen LogP contribution is 1.91. The summed E-state index contributed by atoms with van der Waals surface area (Å²) in [6, 6.07) is -0.375. The van der Waals surface area contributed by atoms with Crippen LogP contribution in [0.5, 0.6) is 0 Å². The van der Waals surface area contributed by atoms with Crippen LogP contribution in [0.3, 0.4) is 0 Å². The first-order valence-electron chi connectivity index (χ1n) is 4.46. The number of quaternary nitrogens is 1. The third-order valence-electron chi connectivity index (χ3n) is 1.37. The van der Waals surface area contributed by atoms with E-state index in [1.54, 1.807) is 6.92 Å². The molecule has 1 atom stereocenters. The van der Waals surface area contributed by atoms with Crippen LogP contribution in [-0.4, -0.2) is 31.8 Å². The maximum atomic E-state index is 11.0. The van der Waals surface area contributed by atoms with E-state index in [1.165, 1.54) is 0 Å². The number of rotatable bonds is 7. The summed E-state index contributed by atoms with van der Waals surface area (Å²) in [7, 11) is 0. The molecule has 0 saturated carbocycles. The molecule has 0 amide bonds. The Morgan fingerprint density at radius 3 is 2.54 bits per heavy atom. The van der Waals surface area contributed by atoms with Gasteiger partial charge < -0.3 is 10.5 Å². The number of hydrogen-bond acceptors (Lipinski definition) is 4. The Morgan fingerprint density at radius 1 is 1.31 bits per heavy atom. The van der Waals surface area contributed by atoms with Crippen molar-refractivity contribution in [1.29, 1.82) is 0 Å². The molecule has 13 heavy (non-hydrogen) atoms. The third-order valence-corrected chi connectivity index (χ3v) is 1.37. The van der Waals surface area contributed by atoms with Gasteiger partial charge in [-0.15, -0.1) is 0 Å². The SMILES string of the molecule is CCOOCCC([NH3+])C(=O)OCC. The van der Waals surface area contributed by atoms with Gasteiger partial charge in [0, 0.05) is 6.42 Å². The molecule has 0 aliphatic rings. The van der Waals surface area contributed by atoms with Gasteiger partial charge in [0.1, 0.15) is 0 Å². The Bertz CT molecular complexity index is 140. The molecule has 0 bridgehead atoms. The smallest absolute Gasteiger partial charge is 0.364 e. The van der Waals surface area contributed by atoms with E-state index in [4.69, 9.17) is 9.62 Å². The van der Waals surface area contributed by atoms with Gasteiger partial charge in [-0.3, -0.25) is 0 Å². The van der Waals surface area contributed by atoms with Crippen molar-refractivity contribution in [3.63, 3.8) is 0 Å². The zero-order valence-electron chi connectivity index (χ0n) is 8.25. The number of esters is 1. The second kappa shape index (κ2) is 7.97. The van der Waals surface area contributed by atoms with Crippen molar-refractivity contribution in [2.75, 3.05) is 19.8 Å². The molecule has 0 aromatic heterocycles. The first-order valence-corrected chi connectivity index (χ1v) is 4.46. The van der Waals surface area contributed by atoms with Crippen molar-refractivity contribution in [2.24, 2.45) is 0 Å². The quantitative estimate of drug-likeness (QED) is 0.256. The second-order valence-electron chi connectivity index (χ2n) is 2.47. The third kappa shape index (κ3) is 6.51. The molecular formula is C8H18NO4+. The number of hydrogen-bond donors (Lipinski definition) is 1. The highest BCUT2D eigenvalue weighted by Gasteiger charge is 2.17. The summed E-state index contributed by atoms with van der Waals surface area (Å²) in [5, 5.41) is 0. The zero-order valence-corrected chi connectivity index (χ0v) is 8.25. The van der Waals surface area contributed by atoms with Crippen LogP contribution in [0.1, 0.15) is 20.3 Å². The summed E-state index contributed by atoms with van der Waals surface area (Å²) in [6.07, 6.45) is 0.513. The fraction of sp³-hybridized carbons (Fsp3) is 0.875. The molecule has 0 radical (unpaired) electrons. The van der Waals surface area contributed by atoms with E-state index in [9.17, 15) is 4.79 Å². The van der Waals surface area contributed by atoms with Crippen LogP contribution in [-0.2, 0) is 19.3 Å². The van der Waals surface area contributed by atoms with Crippen molar-refractivity contribution in [1.82, 2.24) is 0 Å². The molecule has 0 aliphatic carbocycles. The van der Waals surface area contributed by atoms with Crippen LogP contribution in [0, 0.1) is 0 Å². The summed E-state index contributed by atoms with van der Waals surface area (Å²) in [6.45, 7) is 4.84. The fourth-order valence-electron chi connectivity index (χ4n) is 0.711. The number of carbonyl (C=O) groups is 1. The van der Waals surface area contributed by atoms with Crippen molar-refractivity contribution >= 4 is 5.97 Å². The van der Waals surface area contributed by atoms with E-state index in [0.29, 0.717) is 26.2 Å². The minimum Gasteiger partial charge on any atom is -0.462 e. The lowest BCUT2D eigenvalue weighted by Crippen LogP contribution is -2.65. The normalized spacial score (nSPS) is 12.5. The molecule has 5 nitrogen and oxygen atoms in total. The lowest BCUT2D eigenvalue weighted by atomic mass is 10.2. The minimum absolute atomic E-state index is 0.289. The molecule has 0 heterocycles. The molecule has 0 aromatic rings. The first-order chi connectivity index (χ1) is 6.22. The lowest BCUT2D eigenvalue weighted by Gasteiger charge is -2.06. The maximum Gasteiger partial charge on any atom is 0.364 e. The van der Waals surface area contributed by atoms with E-state index in [-0.39, 0.29) is 12.0 Å². The molecule has 5 heteroatoms. The van der Waals surface area contributed by atoms with E-state index in [0.717, 1.165) is 0 Å². The van der Waals surface area contributed by atoms with Crippen LogP contribution in [0.15, 0.2) is 0 Å². The Labute approximate surface area is 78.1 Å². The first kappa shape index (κ1) is 12.3. The van der Waals surface area contributed by atoms with Crippen LogP contribution in [0.2, 0.25) is 0 Å². The molecular weight excluding hydrogens is 174 g/mol. The van der Waals surface area contributed by atoms with Crippen molar-refractivity contribution in [2.45, 2.75) is 26.3 Å². The second-order valence-corrected chi connectivity index (χ2v) is 2.47. The van der Waals surface area contributed by atoms with Crippen LogP contribution < -0.4 is 5.73 Å². The summed E-state index contributed by atoms with van der Waals surface area (Å²) >= 11 is 0. The fourth-order valence-corrected chi connectivity index (χ4v) is 0.711. The Morgan fingerprint density at radius 2 is 2.00 bits per heavy atom. The number of carbonyl (C=O) groups excluding carboxylic acids is 1. The molecule has 3 N–H and O–H groups in total. The van der Waals surface area contributed by atoms with Gasteiger partial charge in [0.05, 0.1) is 19.8 Å². The molecule has 0 spiro atoms. The summed E-state index contributed by atoms with van der Waals surface area (Å²) in [4.78, 5) is 20.4.